The Morgan fingerprint density at radius 2 is 2.11 bits per heavy atom. The van der Waals surface area contributed by atoms with Crippen molar-refractivity contribution in [2.45, 2.75) is 46.2 Å². The summed E-state index contributed by atoms with van der Waals surface area (Å²) in [6.07, 6.45) is 2.17. The zero-order valence-corrected chi connectivity index (χ0v) is 17.1. The van der Waals surface area contributed by atoms with E-state index in [0.29, 0.717) is 18.2 Å². The third-order valence-electron chi connectivity index (χ3n) is 5.14. The molecule has 0 saturated carbocycles. The fourth-order valence-electron chi connectivity index (χ4n) is 3.68. The Kier molecular flexibility index (Phi) is 6.73. The van der Waals surface area contributed by atoms with Gasteiger partial charge in [-0.05, 0) is 51.8 Å². The Morgan fingerprint density at radius 1 is 1.36 bits per heavy atom. The van der Waals surface area contributed by atoms with Gasteiger partial charge >= 0.3 is 0 Å². The number of aryl methyl sites for hydroxylation is 1. The lowest BCUT2D eigenvalue weighted by atomic mass is 10.0. The molecule has 0 bridgehead atoms. The number of piperidine rings is 1. The van der Waals surface area contributed by atoms with Crippen LogP contribution in [0.2, 0.25) is 0 Å². The molecule has 0 unspecified atom stereocenters. The second kappa shape index (κ2) is 9.24. The average molecular weight is 387 g/mol. The Bertz CT molecular complexity index is 850. The fraction of sp³-hybridized carbons (Fsp3) is 0.500. The van der Waals surface area contributed by atoms with E-state index in [9.17, 15) is 4.39 Å². The molecule has 5 nitrogen and oxygen atoms in total. The molecule has 2 N–H and O–H groups in total. The van der Waals surface area contributed by atoms with Gasteiger partial charge in [0.1, 0.15) is 23.7 Å². The smallest absolute Gasteiger partial charge is 0.191 e. The van der Waals surface area contributed by atoms with Crippen molar-refractivity contribution < 1.29 is 8.81 Å². The molecule has 0 aliphatic carbocycles. The molecule has 1 fully saturated rings. The Hall–Kier alpha value is -2.34. The van der Waals surface area contributed by atoms with Gasteiger partial charge < -0.3 is 15.1 Å². The maximum absolute atomic E-state index is 13.5. The van der Waals surface area contributed by atoms with Crippen LogP contribution in [0.1, 0.15) is 38.0 Å². The molecule has 3 rings (SSSR count). The van der Waals surface area contributed by atoms with Gasteiger partial charge in [-0.3, -0.25) is 4.90 Å². The number of halogens is 1. The van der Waals surface area contributed by atoms with Crippen molar-refractivity contribution in [2.75, 3.05) is 26.2 Å². The number of likely N-dealkylation sites (tertiary alicyclic amines) is 1. The van der Waals surface area contributed by atoms with E-state index >= 15 is 0 Å². The maximum Gasteiger partial charge on any atom is 0.191 e. The highest BCUT2D eigenvalue weighted by Gasteiger charge is 2.20. The topological polar surface area (TPSA) is 52.8 Å². The van der Waals surface area contributed by atoms with Gasteiger partial charge in [0, 0.05) is 43.2 Å². The first-order valence-electron chi connectivity index (χ1n) is 10.1. The van der Waals surface area contributed by atoms with Gasteiger partial charge in [0.05, 0.1) is 0 Å². The Morgan fingerprint density at radius 3 is 2.79 bits per heavy atom. The van der Waals surface area contributed by atoms with Crippen LogP contribution < -0.4 is 10.6 Å². The quantitative estimate of drug-likeness (QED) is 0.448. The van der Waals surface area contributed by atoms with Crippen LogP contribution in [0.15, 0.2) is 39.8 Å². The molecule has 1 aromatic heterocycles. The number of hydrogen-bond acceptors (Lipinski definition) is 3. The lowest BCUT2D eigenvalue weighted by Gasteiger charge is -2.33. The largest absolute Gasteiger partial charge is 0.459 e. The molecule has 28 heavy (non-hydrogen) atoms. The zero-order chi connectivity index (χ0) is 20.1. The van der Waals surface area contributed by atoms with Crippen LogP contribution >= 0.6 is 0 Å². The van der Waals surface area contributed by atoms with E-state index in [4.69, 9.17) is 9.41 Å². The fourth-order valence-corrected chi connectivity index (χ4v) is 3.68. The highest BCUT2D eigenvalue weighted by atomic mass is 19.1. The van der Waals surface area contributed by atoms with Gasteiger partial charge in [-0.2, -0.15) is 0 Å². The first-order chi connectivity index (χ1) is 13.5. The molecule has 0 spiro atoms. The molecule has 0 radical (unpaired) electrons. The highest BCUT2D eigenvalue weighted by molar-refractivity contribution is 5.82. The molecule has 1 saturated heterocycles. The van der Waals surface area contributed by atoms with Crippen LogP contribution in [-0.4, -0.2) is 43.1 Å². The molecule has 2 heterocycles. The summed E-state index contributed by atoms with van der Waals surface area (Å²) in [7, 11) is 0. The summed E-state index contributed by atoms with van der Waals surface area (Å²) in [5, 5.41) is 7.68. The third kappa shape index (κ3) is 5.13. The minimum Gasteiger partial charge on any atom is -0.459 e. The molecule has 152 valence electrons. The van der Waals surface area contributed by atoms with Gasteiger partial charge in [-0.15, -0.1) is 0 Å². The van der Waals surface area contributed by atoms with Crippen molar-refractivity contribution in [3.63, 3.8) is 0 Å². The summed E-state index contributed by atoms with van der Waals surface area (Å²) in [6, 6.07) is 5.02. The summed E-state index contributed by atoms with van der Waals surface area (Å²) in [4.78, 5) is 7.15. The summed E-state index contributed by atoms with van der Waals surface area (Å²) >= 11 is 0. The summed E-state index contributed by atoms with van der Waals surface area (Å²) in [5.41, 5.74) is 2.86. The molecule has 0 amide bonds. The van der Waals surface area contributed by atoms with Crippen LogP contribution in [0.5, 0.6) is 0 Å². The third-order valence-corrected chi connectivity index (χ3v) is 5.14. The Balaban J connectivity index is 1.63. The standard InChI is InChI=1S/C22H31FN4O/c1-5-24-22(26-18-8-10-27(11-9-18)14-15(2)3)25-13-21-16(4)19-12-17(23)6-7-20(19)28-21/h6-7,12,18H,2,5,8-11,13-14H2,1,3-4H3,(H2,24,25,26). The number of furan rings is 1. The SMILES string of the molecule is C=C(C)CN1CCC(NC(=NCc2oc3ccc(F)cc3c2C)NCC)CC1. The lowest BCUT2D eigenvalue weighted by Crippen LogP contribution is -2.48. The summed E-state index contributed by atoms with van der Waals surface area (Å²) < 4.78 is 19.4. The number of hydrogen-bond donors (Lipinski definition) is 2. The summed E-state index contributed by atoms with van der Waals surface area (Å²) in [5.74, 6) is 1.32. The van der Waals surface area contributed by atoms with E-state index in [0.717, 1.165) is 61.7 Å². The van der Waals surface area contributed by atoms with Crippen molar-refractivity contribution in [1.29, 1.82) is 0 Å². The van der Waals surface area contributed by atoms with E-state index in [1.807, 2.05) is 6.92 Å². The van der Waals surface area contributed by atoms with Crippen molar-refractivity contribution in [2.24, 2.45) is 4.99 Å². The Labute approximate surface area is 166 Å². The summed E-state index contributed by atoms with van der Waals surface area (Å²) in [6.45, 7) is 14.4. The van der Waals surface area contributed by atoms with Crippen LogP contribution in [0, 0.1) is 12.7 Å². The monoisotopic (exact) mass is 386 g/mol. The second-order valence-corrected chi connectivity index (χ2v) is 7.64. The molecular formula is C22H31FN4O. The molecular weight excluding hydrogens is 355 g/mol. The number of nitrogens with zero attached hydrogens (tertiary/aromatic N) is 2. The number of fused-ring (bicyclic) bond motifs is 1. The second-order valence-electron chi connectivity index (χ2n) is 7.64. The van der Waals surface area contributed by atoms with Gasteiger partial charge in [0.25, 0.3) is 0 Å². The maximum atomic E-state index is 13.5. The van der Waals surface area contributed by atoms with Gasteiger partial charge in [0.2, 0.25) is 0 Å². The zero-order valence-electron chi connectivity index (χ0n) is 17.1. The van der Waals surface area contributed by atoms with Gasteiger partial charge in [-0.1, -0.05) is 12.2 Å². The van der Waals surface area contributed by atoms with Crippen LogP contribution in [0.25, 0.3) is 11.0 Å². The number of rotatable bonds is 6. The van der Waals surface area contributed by atoms with E-state index < -0.39 is 0 Å². The van der Waals surface area contributed by atoms with E-state index in [2.05, 4.69) is 36.0 Å². The van der Waals surface area contributed by atoms with Crippen molar-refractivity contribution >= 4 is 16.9 Å². The molecule has 1 aliphatic rings. The van der Waals surface area contributed by atoms with E-state index in [1.54, 1.807) is 6.07 Å². The van der Waals surface area contributed by atoms with Gasteiger partial charge in [-0.25, -0.2) is 9.38 Å². The molecule has 1 aromatic carbocycles. The number of guanidine groups is 1. The van der Waals surface area contributed by atoms with Crippen molar-refractivity contribution in [3.8, 4) is 0 Å². The van der Waals surface area contributed by atoms with E-state index in [1.165, 1.54) is 17.7 Å². The minimum absolute atomic E-state index is 0.251. The molecule has 6 heteroatoms. The molecule has 0 atom stereocenters. The van der Waals surface area contributed by atoms with Crippen molar-refractivity contribution in [1.82, 2.24) is 15.5 Å². The predicted octanol–water partition coefficient (Wildman–Crippen LogP) is 3.98. The first-order valence-corrected chi connectivity index (χ1v) is 10.1. The number of benzene rings is 1. The van der Waals surface area contributed by atoms with Crippen molar-refractivity contribution in [3.05, 3.63) is 47.5 Å². The normalized spacial score (nSPS) is 16.5. The number of aliphatic imine (C=N–C) groups is 1. The highest BCUT2D eigenvalue weighted by Crippen LogP contribution is 2.26. The molecule has 2 aromatic rings. The first kappa shape index (κ1) is 20.4. The predicted molar refractivity (Wildman–Crippen MR) is 113 cm³/mol. The van der Waals surface area contributed by atoms with Crippen LogP contribution in [-0.2, 0) is 6.54 Å². The van der Waals surface area contributed by atoms with Crippen LogP contribution in [0.4, 0.5) is 4.39 Å². The number of nitrogens with one attached hydrogen (secondary N) is 2. The average Bonchev–Trinajstić information content (AvgIpc) is 2.96. The minimum atomic E-state index is -0.251. The lowest BCUT2D eigenvalue weighted by molar-refractivity contribution is 0.221. The van der Waals surface area contributed by atoms with E-state index in [-0.39, 0.29) is 5.82 Å². The van der Waals surface area contributed by atoms with Crippen LogP contribution in [0.3, 0.4) is 0 Å². The molecule has 1 aliphatic heterocycles. The van der Waals surface area contributed by atoms with Gasteiger partial charge in [0.15, 0.2) is 5.96 Å².